The van der Waals surface area contributed by atoms with E-state index in [1.165, 1.54) is 12.1 Å². The maximum absolute atomic E-state index is 13.4. The topological polar surface area (TPSA) is 171 Å². The average molecular weight is 602 g/mol. The van der Waals surface area contributed by atoms with Gasteiger partial charge in [-0.1, -0.05) is 67.9 Å². The summed E-state index contributed by atoms with van der Waals surface area (Å²) >= 11 is 0. The zero-order valence-corrected chi connectivity index (χ0v) is 24.1. The van der Waals surface area contributed by atoms with Gasteiger partial charge in [0.2, 0.25) is 16.0 Å². The normalized spacial score (nSPS) is 12.9. The van der Waals surface area contributed by atoms with Crippen molar-refractivity contribution in [1.29, 1.82) is 0 Å². The highest BCUT2D eigenvalue weighted by Gasteiger charge is 2.30. The van der Waals surface area contributed by atoms with Gasteiger partial charge in [-0.05, 0) is 29.3 Å². The van der Waals surface area contributed by atoms with E-state index < -0.39 is 34.2 Å². The molecule has 2 heterocycles. The van der Waals surface area contributed by atoms with Crippen LogP contribution in [0, 0.1) is 0 Å². The summed E-state index contributed by atoms with van der Waals surface area (Å²) in [4.78, 5) is 33.5. The van der Waals surface area contributed by atoms with Crippen LogP contribution in [-0.2, 0) is 19.6 Å². The van der Waals surface area contributed by atoms with E-state index in [2.05, 4.69) is 35.5 Å². The van der Waals surface area contributed by atoms with Crippen LogP contribution < -0.4 is 15.4 Å². The lowest BCUT2D eigenvalue weighted by Crippen LogP contribution is -2.50. The number of aromatic nitrogens is 4. The lowest BCUT2D eigenvalue weighted by atomic mass is 10.1. The Balaban J connectivity index is 1.36. The number of fused-ring (bicyclic) bond motifs is 1. The Kier molecular flexibility index (Phi) is 9.13. The Morgan fingerprint density at radius 1 is 0.977 bits per heavy atom. The quantitative estimate of drug-likeness (QED) is 0.100. The average Bonchev–Trinajstić information content (AvgIpc) is 3.72. The molecule has 2 atom stereocenters. The molecule has 5 rings (SSSR count). The molecule has 2 unspecified atom stereocenters. The third-order valence-corrected chi connectivity index (χ3v) is 8.13. The molecule has 0 aliphatic carbocycles. The first-order chi connectivity index (χ1) is 20.8. The highest BCUT2D eigenvalue weighted by Crippen LogP contribution is 2.21. The Morgan fingerprint density at radius 3 is 2.47 bits per heavy atom. The van der Waals surface area contributed by atoms with Crippen LogP contribution in [0.25, 0.3) is 22.0 Å². The van der Waals surface area contributed by atoms with E-state index in [1.807, 2.05) is 37.3 Å². The molecular weight excluding hydrogens is 570 g/mol. The molecule has 0 spiro atoms. The molecule has 43 heavy (non-hydrogen) atoms. The number of anilines is 1. The summed E-state index contributed by atoms with van der Waals surface area (Å²) in [5, 5.41) is 13.1. The van der Waals surface area contributed by atoms with Gasteiger partial charge in [0, 0.05) is 30.7 Å². The summed E-state index contributed by atoms with van der Waals surface area (Å²) < 4.78 is 35.0. The third kappa shape index (κ3) is 7.26. The number of nitrogens with zero attached hydrogens (tertiary/aromatic N) is 2. The van der Waals surface area contributed by atoms with E-state index in [9.17, 15) is 18.0 Å². The Hall–Kier alpha value is -5.01. The summed E-state index contributed by atoms with van der Waals surface area (Å²) in [7, 11) is -4.20. The van der Waals surface area contributed by atoms with Crippen LogP contribution in [0.15, 0.2) is 96.3 Å². The van der Waals surface area contributed by atoms with Crippen LogP contribution >= 0.6 is 0 Å². The number of esters is 1. The second-order valence-electron chi connectivity index (χ2n) is 9.71. The number of rotatable bonds is 13. The fourth-order valence-electron chi connectivity index (χ4n) is 4.48. The monoisotopic (exact) mass is 601 g/mol. The fourth-order valence-corrected chi connectivity index (χ4v) is 5.66. The molecule has 0 fully saturated rings. The van der Waals surface area contributed by atoms with E-state index >= 15 is 0 Å². The lowest BCUT2D eigenvalue weighted by Gasteiger charge is -2.23. The highest BCUT2D eigenvalue weighted by molar-refractivity contribution is 7.89. The Morgan fingerprint density at radius 2 is 1.74 bits per heavy atom. The largest absolute Gasteiger partial charge is 0.440 e. The first-order valence-corrected chi connectivity index (χ1v) is 15.2. The first-order valence-electron chi connectivity index (χ1n) is 13.7. The number of carbonyl (C=O) groups excluding carboxylic acids is 2. The summed E-state index contributed by atoms with van der Waals surface area (Å²) in [6, 6.07) is 19.5. The van der Waals surface area contributed by atoms with Crippen molar-refractivity contribution in [2.45, 2.75) is 36.9 Å². The number of hydrogen-bond donors (Lipinski definition) is 5. The van der Waals surface area contributed by atoms with Gasteiger partial charge < -0.3 is 20.4 Å². The number of amides is 1. The first kappa shape index (κ1) is 29.5. The minimum absolute atomic E-state index is 0.0441. The van der Waals surface area contributed by atoms with Gasteiger partial charge in [-0.2, -0.15) is 9.82 Å². The standard InChI is InChI=1S/C30H31N7O5S/c1-2-7-26(35-30-31-16-17-32-30)42-29(39)25(19-33-28(38)24-11-6-10-22-18-34-36-27(22)24)37-43(40,41)23-14-12-21(13-15-23)20-8-4-3-5-9-20/h3-6,8-18,25-26,37H,2,7,19H2,1H3,(H,33,38)(H,34,36)(H2,31,32,35). The minimum Gasteiger partial charge on any atom is -0.440 e. The van der Waals surface area contributed by atoms with Crippen molar-refractivity contribution in [2.24, 2.45) is 0 Å². The number of nitrogens with one attached hydrogen (secondary N) is 5. The molecule has 5 N–H and O–H groups in total. The molecule has 3 aromatic carbocycles. The van der Waals surface area contributed by atoms with Crippen LogP contribution in [0.5, 0.6) is 0 Å². The molecule has 2 aromatic heterocycles. The molecule has 222 valence electrons. The van der Waals surface area contributed by atoms with Crippen molar-refractivity contribution >= 4 is 38.8 Å². The van der Waals surface area contributed by atoms with Crippen molar-refractivity contribution in [2.75, 3.05) is 11.9 Å². The number of aromatic amines is 2. The van der Waals surface area contributed by atoms with Crippen molar-refractivity contribution in [3.63, 3.8) is 0 Å². The lowest BCUT2D eigenvalue weighted by molar-refractivity contribution is -0.149. The number of ether oxygens (including phenoxy) is 1. The van der Waals surface area contributed by atoms with Crippen LogP contribution in [0.4, 0.5) is 5.95 Å². The highest BCUT2D eigenvalue weighted by atomic mass is 32.2. The van der Waals surface area contributed by atoms with Gasteiger partial charge in [0.15, 0.2) is 6.23 Å². The summed E-state index contributed by atoms with van der Waals surface area (Å²) in [5.74, 6) is -0.997. The van der Waals surface area contributed by atoms with E-state index in [4.69, 9.17) is 4.74 Å². The number of hydrogen-bond acceptors (Lipinski definition) is 8. The molecule has 1 amide bonds. The molecule has 0 bridgehead atoms. The predicted octanol–water partition coefficient (Wildman–Crippen LogP) is 3.81. The predicted molar refractivity (Wildman–Crippen MR) is 161 cm³/mol. The zero-order chi connectivity index (χ0) is 30.2. The number of H-pyrrole nitrogens is 2. The fraction of sp³-hybridized carbons (Fsp3) is 0.200. The zero-order valence-electron chi connectivity index (χ0n) is 23.3. The number of imidazole rings is 1. The van der Waals surface area contributed by atoms with Gasteiger partial charge in [-0.25, -0.2) is 13.4 Å². The molecule has 0 aliphatic heterocycles. The molecule has 12 nitrogen and oxygen atoms in total. The van der Waals surface area contributed by atoms with E-state index in [-0.39, 0.29) is 11.4 Å². The third-order valence-electron chi connectivity index (χ3n) is 6.65. The molecule has 0 saturated heterocycles. The maximum Gasteiger partial charge on any atom is 0.327 e. The van der Waals surface area contributed by atoms with Gasteiger partial charge in [0.1, 0.15) is 6.04 Å². The Labute approximate surface area is 248 Å². The van der Waals surface area contributed by atoms with Crippen LogP contribution in [0.2, 0.25) is 0 Å². The smallest absolute Gasteiger partial charge is 0.327 e. The van der Waals surface area contributed by atoms with Crippen LogP contribution in [-0.4, -0.2) is 59.3 Å². The molecule has 13 heteroatoms. The van der Waals surface area contributed by atoms with Crippen LogP contribution in [0.3, 0.4) is 0 Å². The Bertz CT molecular complexity index is 1770. The summed E-state index contributed by atoms with van der Waals surface area (Å²) in [5.41, 5.74) is 2.58. The van der Waals surface area contributed by atoms with E-state index in [0.717, 1.165) is 16.5 Å². The van der Waals surface area contributed by atoms with Crippen molar-refractivity contribution in [3.05, 3.63) is 97.0 Å². The SMILES string of the molecule is CCCC(Nc1ncc[nH]1)OC(=O)C(CNC(=O)c1cccc2cn[nH]c12)NS(=O)(=O)c1ccc(-c2ccccc2)cc1. The van der Waals surface area contributed by atoms with Crippen molar-refractivity contribution in [1.82, 2.24) is 30.2 Å². The molecular formula is C30H31N7O5S. The molecule has 0 saturated carbocycles. The number of para-hydroxylation sites is 1. The molecule has 5 aromatic rings. The molecule has 0 radical (unpaired) electrons. The van der Waals surface area contributed by atoms with Gasteiger partial charge in [0.05, 0.1) is 22.2 Å². The van der Waals surface area contributed by atoms with Gasteiger partial charge in [0.25, 0.3) is 5.91 Å². The van der Waals surface area contributed by atoms with Crippen molar-refractivity contribution in [3.8, 4) is 11.1 Å². The minimum atomic E-state index is -4.20. The van der Waals surface area contributed by atoms with Gasteiger partial charge in [-0.15, -0.1) is 0 Å². The van der Waals surface area contributed by atoms with E-state index in [1.54, 1.807) is 48.9 Å². The molecule has 0 aliphatic rings. The number of sulfonamides is 1. The maximum atomic E-state index is 13.4. The number of carbonyl (C=O) groups is 2. The van der Waals surface area contributed by atoms with Gasteiger partial charge in [-0.3, -0.25) is 14.7 Å². The number of benzene rings is 3. The van der Waals surface area contributed by atoms with Crippen molar-refractivity contribution < 1.29 is 22.7 Å². The second kappa shape index (κ2) is 13.3. The van der Waals surface area contributed by atoms with Gasteiger partial charge >= 0.3 is 5.97 Å². The summed E-state index contributed by atoms with van der Waals surface area (Å²) in [6.07, 6.45) is 5.05. The summed E-state index contributed by atoms with van der Waals surface area (Å²) in [6.45, 7) is 1.54. The second-order valence-corrected chi connectivity index (χ2v) is 11.4. The van der Waals surface area contributed by atoms with E-state index in [0.29, 0.717) is 29.9 Å². The van der Waals surface area contributed by atoms with Crippen LogP contribution in [0.1, 0.15) is 30.1 Å².